The number of nitrogens with zero attached hydrogens (tertiary/aromatic N) is 2. The van der Waals surface area contributed by atoms with E-state index in [4.69, 9.17) is 0 Å². The summed E-state index contributed by atoms with van der Waals surface area (Å²) >= 11 is 0. The number of carbonyl (C=O) groups excluding carboxylic acids is 1. The summed E-state index contributed by atoms with van der Waals surface area (Å²) in [6.07, 6.45) is 2.09. The van der Waals surface area contributed by atoms with Crippen molar-refractivity contribution in [1.29, 1.82) is 0 Å². The van der Waals surface area contributed by atoms with E-state index in [2.05, 4.69) is 49.7 Å². The molecule has 1 unspecified atom stereocenters. The molecule has 1 atom stereocenters. The second kappa shape index (κ2) is 8.63. The van der Waals surface area contributed by atoms with Crippen molar-refractivity contribution in [1.82, 2.24) is 15.1 Å². The van der Waals surface area contributed by atoms with E-state index in [1.54, 1.807) is 0 Å². The highest BCUT2D eigenvalue weighted by molar-refractivity contribution is 5.81. The van der Waals surface area contributed by atoms with Gasteiger partial charge in [-0.3, -0.25) is 9.69 Å². The lowest BCUT2D eigenvalue weighted by Gasteiger charge is -2.38. The van der Waals surface area contributed by atoms with Gasteiger partial charge in [-0.05, 0) is 25.7 Å². The summed E-state index contributed by atoms with van der Waals surface area (Å²) in [5, 5.41) is 3.35. The van der Waals surface area contributed by atoms with E-state index in [0.717, 1.165) is 45.6 Å². The van der Waals surface area contributed by atoms with Crippen molar-refractivity contribution < 1.29 is 4.79 Å². The number of hydrogen-bond acceptors (Lipinski definition) is 3. The molecule has 0 aromatic carbocycles. The van der Waals surface area contributed by atoms with Crippen LogP contribution in [0.3, 0.4) is 0 Å². The average molecular weight is 283 g/mol. The summed E-state index contributed by atoms with van der Waals surface area (Å²) in [5.74, 6) is 0.837. The molecule has 20 heavy (non-hydrogen) atoms. The molecule has 0 aromatic heterocycles. The number of nitrogens with one attached hydrogen (secondary N) is 1. The van der Waals surface area contributed by atoms with Gasteiger partial charge < -0.3 is 10.2 Å². The van der Waals surface area contributed by atoms with E-state index in [1.165, 1.54) is 0 Å². The Bertz CT molecular complexity index is 283. The minimum atomic E-state index is 0.0106. The fraction of sp³-hybridized carbons (Fsp3) is 0.938. The Hall–Kier alpha value is -0.610. The third-order valence-corrected chi connectivity index (χ3v) is 4.28. The lowest BCUT2D eigenvalue weighted by atomic mass is 10.1. The zero-order valence-electron chi connectivity index (χ0n) is 14.0. The van der Waals surface area contributed by atoms with Crippen molar-refractivity contribution in [2.75, 3.05) is 32.7 Å². The van der Waals surface area contributed by atoms with Gasteiger partial charge in [0.2, 0.25) is 5.91 Å². The molecule has 1 aliphatic rings. The van der Waals surface area contributed by atoms with Crippen LogP contribution < -0.4 is 5.32 Å². The van der Waals surface area contributed by atoms with Crippen LogP contribution in [-0.2, 0) is 4.79 Å². The van der Waals surface area contributed by atoms with Crippen LogP contribution in [0.1, 0.15) is 47.5 Å². The number of piperazine rings is 1. The van der Waals surface area contributed by atoms with Gasteiger partial charge >= 0.3 is 0 Å². The van der Waals surface area contributed by atoms with Crippen molar-refractivity contribution >= 4 is 5.91 Å². The van der Waals surface area contributed by atoms with Crippen LogP contribution in [0.4, 0.5) is 0 Å². The molecule has 1 saturated heterocycles. The Kier molecular flexibility index (Phi) is 7.52. The summed E-state index contributed by atoms with van der Waals surface area (Å²) in [6.45, 7) is 15.6. The molecule has 1 aliphatic heterocycles. The summed E-state index contributed by atoms with van der Waals surface area (Å²) in [4.78, 5) is 17.4. The summed E-state index contributed by atoms with van der Waals surface area (Å²) in [5.41, 5.74) is 0. The molecular weight excluding hydrogens is 250 g/mol. The Balaban J connectivity index is 2.74. The molecule has 1 N–H and O–H groups in total. The first-order valence-electron chi connectivity index (χ1n) is 8.26. The molecule has 4 heteroatoms. The van der Waals surface area contributed by atoms with Crippen LogP contribution in [0.2, 0.25) is 0 Å². The van der Waals surface area contributed by atoms with Crippen LogP contribution in [-0.4, -0.2) is 60.5 Å². The fourth-order valence-electron chi connectivity index (χ4n) is 3.01. The van der Waals surface area contributed by atoms with Gasteiger partial charge in [0.1, 0.15) is 0 Å². The first-order chi connectivity index (χ1) is 9.51. The topological polar surface area (TPSA) is 35.6 Å². The average Bonchev–Trinajstić information content (AvgIpc) is 2.46. The SMILES string of the molecule is CCC(CC)N(CC(C)C)C(=O)C(C)N1CCNCC1. The highest BCUT2D eigenvalue weighted by atomic mass is 16.2. The normalized spacial score (nSPS) is 18.6. The van der Waals surface area contributed by atoms with Crippen molar-refractivity contribution in [3.63, 3.8) is 0 Å². The Morgan fingerprint density at radius 2 is 1.70 bits per heavy atom. The predicted octanol–water partition coefficient (Wildman–Crippen LogP) is 1.95. The third-order valence-electron chi connectivity index (χ3n) is 4.28. The van der Waals surface area contributed by atoms with Crippen molar-refractivity contribution in [3.8, 4) is 0 Å². The third kappa shape index (κ3) is 4.74. The Morgan fingerprint density at radius 3 is 2.15 bits per heavy atom. The van der Waals surface area contributed by atoms with Gasteiger partial charge in [-0.15, -0.1) is 0 Å². The summed E-state index contributed by atoms with van der Waals surface area (Å²) in [6, 6.07) is 0.395. The van der Waals surface area contributed by atoms with Crippen LogP contribution >= 0.6 is 0 Å². The first kappa shape index (κ1) is 17.4. The van der Waals surface area contributed by atoms with Crippen molar-refractivity contribution in [2.45, 2.75) is 59.5 Å². The van der Waals surface area contributed by atoms with Crippen molar-refractivity contribution in [3.05, 3.63) is 0 Å². The molecule has 0 radical (unpaired) electrons. The van der Waals surface area contributed by atoms with Gasteiger partial charge in [-0.1, -0.05) is 27.7 Å². The first-order valence-corrected chi connectivity index (χ1v) is 8.26. The molecule has 118 valence electrons. The van der Waals surface area contributed by atoms with Gasteiger partial charge in [-0.25, -0.2) is 0 Å². The van der Waals surface area contributed by atoms with Crippen LogP contribution in [0.5, 0.6) is 0 Å². The van der Waals surface area contributed by atoms with Crippen LogP contribution in [0.15, 0.2) is 0 Å². The molecule has 0 saturated carbocycles. The maximum atomic E-state index is 12.9. The lowest BCUT2D eigenvalue weighted by Crippen LogP contribution is -2.55. The molecule has 0 bridgehead atoms. The van der Waals surface area contributed by atoms with E-state index >= 15 is 0 Å². The second-order valence-corrected chi connectivity index (χ2v) is 6.32. The molecule has 1 amide bonds. The summed E-state index contributed by atoms with van der Waals surface area (Å²) < 4.78 is 0. The van der Waals surface area contributed by atoms with Gasteiger partial charge in [-0.2, -0.15) is 0 Å². The highest BCUT2D eigenvalue weighted by Crippen LogP contribution is 2.15. The molecule has 0 aromatic rings. The van der Waals surface area contributed by atoms with Gasteiger partial charge in [0.25, 0.3) is 0 Å². The largest absolute Gasteiger partial charge is 0.338 e. The van der Waals surface area contributed by atoms with E-state index in [0.29, 0.717) is 17.9 Å². The Morgan fingerprint density at radius 1 is 1.15 bits per heavy atom. The number of amides is 1. The van der Waals surface area contributed by atoms with Gasteiger partial charge in [0.05, 0.1) is 6.04 Å². The van der Waals surface area contributed by atoms with Crippen LogP contribution in [0, 0.1) is 5.92 Å². The number of carbonyl (C=O) groups is 1. The zero-order valence-corrected chi connectivity index (χ0v) is 14.0. The molecule has 1 rings (SSSR count). The maximum Gasteiger partial charge on any atom is 0.239 e. The van der Waals surface area contributed by atoms with Gasteiger partial charge in [0, 0.05) is 38.8 Å². The lowest BCUT2D eigenvalue weighted by molar-refractivity contribution is -0.139. The molecule has 1 fully saturated rings. The Labute approximate surface area is 124 Å². The second-order valence-electron chi connectivity index (χ2n) is 6.32. The van der Waals surface area contributed by atoms with E-state index in [1.807, 2.05) is 0 Å². The van der Waals surface area contributed by atoms with E-state index in [-0.39, 0.29) is 6.04 Å². The molecule has 4 nitrogen and oxygen atoms in total. The van der Waals surface area contributed by atoms with Crippen LogP contribution in [0.25, 0.3) is 0 Å². The predicted molar refractivity (Wildman–Crippen MR) is 84.8 cm³/mol. The standard InChI is InChI=1S/C16H33N3O/c1-6-15(7-2)19(12-13(3)4)16(20)14(5)18-10-8-17-9-11-18/h13-15,17H,6-12H2,1-5H3. The minimum Gasteiger partial charge on any atom is -0.338 e. The zero-order chi connectivity index (χ0) is 15.1. The molecule has 1 heterocycles. The monoisotopic (exact) mass is 283 g/mol. The smallest absolute Gasteiger partial charge is 0.239 e. The van der Waals surface area contributed by atoms with Crippen molar-refractivity contribution in [2.24, 2.45) is 5.92 Å². The summed E-state index contributed by atoms with van der Waals surface area (Å²) in [7, 11) is 0. The molecule has 0 aliphatic carbocycles. The van der Waals surface area contributed by atoms with E-state index in [9.17, 15) is 4.79 Å². The van der Waals surface area contributed by atoms with E-state index < -0.39 is 0 Å². The minimum absolute atomic E-state index is 0.0106. The van der Waals surface area contributed by atoms with Gasteiger partial charge in [0.15, 0.2) is 0 Å². The highest BCUT2D eigenvalue weighted by Gasteiger charge is 2.30. The molecular formula is C16H33N3O. The number of hydrogen-bond donors (Lipinski definition) is 1. The fourth-order valence-corrected chi connectivity index (χ4v) is 3.01. The molecule has 0 spiro atoms. The number of rotatable bonds is 7. The maximum absolute atomic E-state index is 12.9. The quantitative estimate of drug-likeness (QED) is 0.776.